The third-order valence-electron chi connectivity index (χ3n) is 3.74. The molecule has 98 valence electrons. The molecule has 18 heavy (non-hydrogen) atoms. The maximum absolute atomic E-state index is 12.9. The second kappa shape index (κ2) is 5.46. The average Bonchev–Trinajstić information content (AvgIpc) is 2.32. The van der Waals surface area contributed by atoms with E-state index in [1.54, 1.807) is 0 Å². The van der Waals surface area contributed by atoms with Crippen molar-refractivity contribution in [3.63, 3.8) is 0 Å². The highest BCUT2D eigenvalue weighted by Crippen LogP contribution is 2.28. The Bertz CT molecular complexity index is 436. The summed E-state index contributed by atoms with van der Waals surface area (Å²) in [6.07, 6.45) is 4.59. The van der Waals surface area contributed by atoms with Crippen LogP contribution in [0.3, 0.4) is 0 Å². The molecule has 1 amide bonds. The molecule has 3 atom stereocenters. The first-order chi connectivity index (χ1) is 8.56. The third kappa shape index (κ3) is 3.06. The number of rotatable bonds is 2. The smallest absolute Gasteiger partial charge is 0.251 e. The number of amides is 1. The summed E-state index contributed by atoms with van der Waals surface area (Å²) in [5.74, 6) is 0.381. The molecule has 0 saturated heterocycles. The standard InChI is InChI=1S/C14H19FN2O/c1-9-3-4-12(10(2)7-9)17-14(18)11-5-6-16-13(15)8-11/h5-6,8-10,12H,3-4,7H2,1-2H3,(H,17,18). The number of carbonyl (C=O) groups is 1. The summed E-state index contributed by atoms with van der Waals surface area (Å²) in [6, 6.07) is 2.91. The number of halogens is 1. The van der Waals surface area contributed by atoms with Gasteiger partial charge in [0.05, 0.1) is 0 Å². The molecular formula is C14H19FN2O. The van der Waals surface area contributed by atoms with Crippen LogP contribution in [-0.2, 0) is 0 Å². The molecule has 2 rings (SSSR count). The maximum atomic E-state index is 12.9. The van der Waals surface area contributed by atoms with E-state index in [9.17, 15) is 9.18 Å². The molecule has 1 aliphatic rings. The molecule has 1 aromatic heterocycles. The van der Waals surface area contributed by atoms with Crippen molar-refractivity contribution in [3.8, 4) is 0 Å². The van der Waals surface area contributed by atoms with Crippen LogP contribution in [0, 0.1) is 17.8 Å². The van der Waals surface area contributed by atoms with E-state index in [1.807, 2.05) is 0 Å². The number of aromatic nitrogens is 1. The molecule has 4 heteroatoms. The summed E-state index contributed by atoms with van der Waals surface area (Å²) in [4.78, 5) is 15.4. The van der Waals surface area contributed by atoms with Crippen molar-refractivity contribution in [2.75, 3.05) is 0 Å². The summed E-state index contributed by atoms with van der Waals surface area (Å²) in [5.41, 5.74) is 0.341. The Hall–Kier alpha value is -1.45. The number of nitrogens with zero attached hydrogens (tertiary/aromatic N) is 1. The lowest BCUT2D eigenvalue weighted by Crippen LogP contribution is -2.42. The summed E-state index contributed by atoms with van der Waals surface area (Å²) >= 11 is 0. The van der Waals surface area contributed by atoms with Gasteiger partial charge in [-0.25, -0.2) is 4.98 Å². The summed E-state index contributed by atoms with van der Waals surface area (Å²) < 4.78 is 12.9. The Kier molecular flexibility index (Phi) is 3.94. The second-order valence-electron chi connectivity index (χ2n) is 5.34. The van der Waals surface area contributed by atoms with E-state index in [2.05, 4.69) is 24.1 Å². The molecule has 0 aliphatic heterocycles. The van der Waals surface area contributed by atoms with E-state index in [1.165, 1.54) is 18.3 Å². The average molecular weight is 250 g/mol. The SMILES string of the molecule is CC1CCC(NC(=O)c2ccnc(F)c2)C(C)C1. The van der Waals surface area contributed by atoms with Crippen LogP contribution < -0.4 is 5.32 Å². The quantitative estimate of drug-likeness (QED) is 0.820. The number of hydrogen-bond donors (Lipinski definition) is 1. The fourth-order valence-electron chi connectivity index (χ4n) is 2.68. The lowest BCUT2D eigenvalue weighted by Gasteiger charge is -2.33. The van der Waals surface area contributed by atoms with Gasteiger partial charge in [-0.1, -0.05) is 13.8 Å². The highest BCUT2D eigenvalue weighted by molar-refractivity contribution is 5.94. The molecule has 1 aromatic rings. The van der Waals surface area contributed by atoms with Crippen molar-refractivity contribution < 1.29 is 9.18 Å². The zero-order valence-corrected chi connectivity index (χ0v) is 10.8. The Morgan fingerprint density at radius 1 is 1.44 bits per heavy atom. The van der Waals surface area contributed by atoms with E-state index in [0.717, 1.165) is 25.2 Å². The lowest BCUT2D eigenvalue weighted by molar-refractivity contribution is 0.0899. The maximum Gasteiger partial charge on any atom is 0.251 e. The van der Waals surface area contributed by atoms with Crippen molar-refractivity contribution in [2.45, 2.75) is 39.2 Å². The number of nitrogens with one attached hydrogen (secondary N) is 1. The van der Waals surface area contributed by atoms with E-state index in [4.69, 9.17) is 0 Å². The predicted molar refractivity (Wildman–Crippen MR) is 67.6 cm³/mol. The van der Waals surface area contributed by atoms with Crippen LogP contribution in [0.15, 0.2) is 18.3 Å². The number of pyridine rings is 1. The summed E-state index contributed by atoms with van der Waals surface area (Å²) in [7, 11) is 0. The van der Waals surface area contributed by atoms with Crippen molar-refractivity contribution in [1.29, 1.82) is 0 Å². The highest BCUT2D eigenvalue weighted by Gasteiger charge is 2.26. The normalized spacial score (nSPS) is 27.8. The second-order valence-corrected chi connectivity index (χ2v) is 5.34. The van der Waals surface area contributed by atoms with Crippen LogP contribution in [0.1, 0.15) is 43.5 Å². The van der Waals surface area contributed by atoms with E-state index < -0.39 is 5.95 Å². The molecule has 0 bridgehead atoms. The molecule has 1 N–H and O–H groups in total. The Morgan fingerprint density at radius 2 is 2.22 bits per heavy atom. The van der Waals surface area contributed by atoms with E-state index in [0.29, 0.717) is 11.5 Å². The van der Waals surface area contributed by atoms with Crippen molar-refractivity contribution in [1.82, 2.24) is 10.3 Å². The van der Waals surface area contributed by atoms with Gasteiger partial charge in [0, 0.05) is 23.9 Å². The van der Waals surface area contributed by atoms with E-state index >= 15 is 0 Å². The van der Waals surface area contributed by atoms with Gasteiger partial charge < -0.3 is 5.32 Å². The molecule has 1 fully saturated rings. The molecule has 3 unspecified atom stereocenters. The van der Waals surface area contributed by atoms with Crippen molar-refractivity contribution in [3.05, 3.63) is 29.8 Å². The fraction of sp³-hybridized carbons (Fsp3) is 0.571. The predicted octanol–water partition coefficient (Wildman–Crippen LogP) is 2.78. The molecule has 0 aromatic carbocycles. The molecule has 0 spiro atoms. The van der Waals surface area contributed by atoms with Gasteiger partial charge in [-0.2, -0.15) is 4.39 Å². The van der Waals surface area contributed by atoms with Crippen LogP contribution in [0.4, 0.5) is 4.39 Å². The van der Waals surface area contributed by atoms with Crippen molar-refractivity contribution in [2.24, 2.45) is 11.8 Å². The molecular weight excluding hydrogens is 231 g/mol. The van der Waals surface area contributed by atoms with Gasteiger partial charge in [0.1, 0.15) is 0 Å². The third-order valence-corrected chi connectivity index (χ3v) is 3.74. The fourth-order valence-corrected chi connectivity index (χ4v) is 2.68. The van der Waals surface area contributed by atoms with Gasteiger partial charge in [0.25, 0.3) is 5.91 Å². The largest absolute Gasteiger partial charge is 0.349 e. The molecule has 1 aliphatic carbocycles. The van der Waals surface area contributed by atoms with Crippen LogP contribution in [0.25, 0.3) is 0 Å². The Labute approximate surface area is 107 Å². The zero-order valence-electron chi connectivity index (χ0n) is 10.8. The van der Waals surface area contributed by atoms with Gasteiger partial charge in [-0.3, -0.25) is 4.79 Å². The topological polar surface area (TPSA) is 42.0 Å². The van der Waals surface area contributed by atoms with Gasteiger partial charge in [-0.15, -0.1) is 0 Å². The Morgan fingerprint density at radius 3 is 2.89 bits per heavy atom. The van der Waals surface area contributed by atoms with Crippen LogP contribution in [-0.4, -0.2) is 16.9 Å². The highest BCUT2D eigenvalue weighted by atomic mass is 19.1. The molecule has 1 saturated carbocycles. The molecule has 1 heterocycles. The van der Waals surface area contributed by atoms with Crippen LogP contribution in [0.5, 0.6) is 0 Å². The first-order valence-electron chi connectivity index (χ1n) is 6.48. The lowest BCUT2D eigenvalue weighted by atomic mass is 9.80. The minimum absolute atomic E-state index is 0.199. The van der Waals surface area contributed by atoms with E-state index in [-0.39, 0.29) is 11.9 Å². The first kappa shape index (κ1) is 13.0. The van der Waals surface area contributed by atoms with Gasteiger partial charge in [0.15, 0.2) is 0 Å². The van der Waals surface area contributed by atoms with Gasteiger partial charge >= 0.3 is 0 Å². The zero-order chi connectivity index (χ0) is 13.1. The van der Waals surface area contributed by atoms with Crippen LogP contribution in [0.2, 0.25) is 0 Å². The van der Waals surface area contributed by atoms with Crippen molar-refractivity contribution >= 4 is 5.91 Å². The summed E-state index contributed by atoms with van der Waals surface area (Å²) in [5, 5.41) is 3.00. The van der Waals surface area contributed by atoms with Gasteiger partial charge in [0.2, 0.25) is 5.95 Å². The number of carbonyl (C=O) groups excluding carboxylic acids is 1. The molecule has 0 radical (unpaired) electrons. The van der Waals surface area contributed by atoms with Gasteiger partial charge in [-0.05, 0) is 37.2 Å². The first-order valence-corrected chi connectivity index (χ1v) is 6.48. The molecule has 3 nitrogen and oxygen atoms in total. The minimum atomic E-state index is -0.618. The summed E-state index contributed by atoms with van der Waals surface area (Å²) in [6.45, 7) is 4.40. The monoisotopic (exact) mass is 250 g/mol. The Balaban J connectivity index is 1.99. The number of hydrogen-bond acceptors (Lipinski definition) is 2. The van der Waals surface area contributed by atoms with Crippen LogP contribution >= 0.6 is 0 Å². The minimum Gasteiger partial charge on any atom is -0.349 e.